The minimum Gasteiger partial charge on any atom is -0.497 e. The van der Waals surface area contributed by atoms with Crippen LogP contribution in [0, 0.1) is 0 Å². The smallest absolute Gasteiger partial charge is 0.252 e. The Bertz CT molecular complexity index is 910. The number of aromatic nitrogens is 2. The molecule has 3 rings (SSSR count). The zero-order chi connectivity index (χ0) is 18.5. The van der Waals surface area contributed by atoms with Crippen LogP contribution in [0.5, 0.6) is 5.75 Å². The third kappa shape index (κ3) is 4.33. The SMILES string of the molecule is COc1ccc(-c2noc(CCNC(=O)c3ccc(Cl)cc3Cl)n2)cc1. The van der Waals surface area contributed by atoms with Gasteiger partial charge < -0.3 is 14.6 Å². The molecule has 0 atom stereocenters. The van der Waals surface area contributed by atoms with Crippen molar-refractivity contribution in [3.63, 3.8) is 0 Å². The number of amides is 1. The van der Waals surface area contributed by atoms with Crippen LogP contribution in [-0.2, 0) is 6.42 Å². The van der Waals surface area contributed by atoms with E-state index in [4.69, 9.17) is 32.5 Å². The fourth-order valence-corrected chi connectivity index (χ4v) is 2.76. The van der Waals surface area contributed by atoms with Crippen LogP contribution in [-0.4, -0.2) is 29.7 Å². The Morgan fingerprint density at radius 1 is 1.19 bits per heavy atom. The summed E-state index contributed by atoms with van der Waals surface area (Å²) >= 11 is 11.8. The molecule has 1 aromatic heterocycles. The molecule has 0 radical (unpaired) electrons. The number of ether oxygens (including phenoxy) is 1. The average Bonchev–Trinajstić information content (AvgIpc) is 3.10. The van der Waals surface area contributed by atoms with E-state index in [1.54, 1.807) is 19.2 Å². The fourth-order valence-electron chi connectivity index (χ4n) is 2.27. The molecule has 0 unspecified atom stereocenters. The summed E-state index contributed by atoms with van der Waals surface area (Å²) in [7, 11) is 1.60. The summed E-state index contributed by atoms with van der Waals surface area (Å²) in [6, 6.07) is 12.0. The van der Waals surface area contributed by atoms with Crippen LogP contribution in [0.4, 0.5) is 0 Å². The highest BCUT2D eigenvalue weighted by molar-refractivity contribution is 6.36. The molecule has 0 aliphatic heterocycles. The number of nitrogens with one attached hydrogen (secondary N) is 1. The predicted octanol–water partition coefficient (Wildman–Crippen LogP) is 4.02. The second kappa shape index (κ2) is 8.21. The number of rotatable bonds is 6. The van der Waals surface area contributed by atoms with E-state index in [1.165, 1.54) is 6.07 Å². The lowest BCUT2D eigenvalue weighted by Gasteiger charge is -2.05. The summed E-state index contributed by atoms with van der Waals surface area (Å²) in [6.45, 7) is 0.335. The molecule has 134 valence electrons. The molecule has 0 spiro atoms. The molecule has 26 heavy (non-hydrogen) atoms. The second-order valence-electron chi connectivity index (χ2n) is 5.37. The lowest BCUT2D eigenvalue weighted by molar-refractivity contribution is 0.0953. The Morgan fingerprint density at radius 3 is 2.65 bits per heavy atom. The fraction of sp³-hybridized carbons (Fsp3) is 0.167. The summed E-state index contributed by atoms with van der Waals surface area (Å²) in [6.07, 6.45) is 0.403. The minimum atomic E-state index is -0.290. The van der Waals surface area contributed by atoms with Crippen molar-refractivity contribution in [2.45, 2.75) is 6.42 Å². The lowest BCUT2D eigenvalue weighted by atomic mass is 10.2. The van der Waals surface area contributed by atoms with Crippen molar-refractivity contribution in [2.24, 2.45) is 0 Å². The lowest BCUT2D eigenvalue weighted by Crippen LogP contribution is -2.26. The van der Waals surface area contributed by atoms with Crippen molar-refractivity contribution in [2.75, 3.05) is 13.7 Å². The molecule has 0 aliphatic carbocycles. The van der Waals surface area contributed by atoms with Gasteiger partial charge >= 0.3 is 0 Å². The van der Waals surface area contributed by atoms with Crippen LogP contribution < -0.4 is 10.1 Å². The van der Waals surface area contributed by atoms with Crippen molar-refractivity contribution in [1.29, 1.82) is 0 Å². The predicted molar refractivity (Wildman–Crippen MR) is 98.8 cm³/mol. The van der Waals surface area contributed by atoms with E-state index < -0.39 is 0 Å². The monoisotopic (exact) mass is 391 g/mol. The third-order valence-corrected chi connectivity index (χ3v) is 4.16. The first-order valence-electron chi connectivity index (χ1n) is 7.77. The van der Waals surface area contributed by atoms with Crippen LogP contribution in [0.3, 0.4) is 0 Å². The minimum absolute atomic E-state index is 0.290. The maximum Gasteiger partial charge on any atom is 0.252 e. The zero-order valence-electron chi connectivity index (χ0n) is 13.8. The van der Waals surface area contributed by atoms with Gasteiger partial charge in [0.05, 0.1) is 17.7 Å². The quantitative estimate of drug-likeness (QED) is 0.686. The molecular formula is C18H15Cl2N3O3. The first-order chi connectivity index (χ1) is 12.6. The van der Waals surface area contributed by atoms with E-state index in [-0.39, 0.29) is 5.91 Å². The number of hydrogen-bond acceptors (Lipinski definition) is 5. The zero-order valence-corrected chi connectivity index (χ0v) is 15.3. The van der Waals surface area contributed by atoms with Gasteiger partial charge in [0, 0.05) is 23.6 Å². The molecule has 1 heterocycles. The first kappa shape index (κ1) is 18.2. The van der Waals surface area contributed by atoms with Crippen molar-refractivity contribution in [3.05, 3.63) is 64.0 Å². The number of methoxy groups -OCH3 is 1. The summed E-state index contributed by atoms with van der Waals surface area (Å²) < 4.78 is 10.3. The number of halogens is 2. The topological polar surface area (TPSA) is 77.3 Å². The van der Waals surface area contributed by atoms with Gasteiger partial charge in [-0.2, -0.15) is 4.98 Å². The van der Waals surface area contributed by atoms with Crippen molar-refractivity contribution in [1.82, 2.24) is 15.5 Å². The highest BCUT2D eigenvalue weighted by atomic mass is 35.5. The van der Waals surface area contributed by atoms with E-state index in [0.717, 1.165) is 11.3 Å². The Morgan fingerprint density at radius 2 is 1.96 bits per heavy atom. The van der Waals surface area contributed by atoms with E-state index in [9.17, 15) is 4.79 Å². The van der Waals surface area contributed by atoms with Gasteiger partial charge in [-0.3, -0.25) is 4.79 Å². The van der Waals surface area contributed by atoms with Gasteiger partial charge in [0.15, 0.2) is 0 Å². The molecule has 0 saturated heterocycles. The average molecular weight is 392 g/mol. The number of benzene rings is 2. The Labute approximate surface area is 160 Å². The molecule has 1 amide bonds. The standard InChI is InChI=1S/C18H15Cl2N3O3/c1-25-13-5-2-11(3-6-13)17-22-16(26-23-17)8-9-21-18(24)14-7-4-12(19)10-15(14)20/h2-7,10H,8-9H2,1H3,(H,21,24). The maximum absolute atomic E-state index is 12.1. The molecule has 3 aromatic rings. The molecule has 6 nitrogen and oxygen atoms in total. The van der Waals surface area contributed by atoms with Crippen molar-refractivity contribution in [3.8, 4) is 17.1 Å². The van der Waals surface area contributed by atoms with Crippen LogP contribution in [0.1, 0.15) is 16.2 Å². The van der Waals surface area contributed by atoms with Crippen LogP contribution in [0.25, 0.3) is 11.4 Å². The highest BCUT2D eigenvalue weighted by Crippen LogP contribution is 2.21. The van der Waals surface area contributed by atoms with Gasteiger partial charge in [0.1, 0.15) is 5.75 Å². The van der Waals surface area contributed by atoms with E-state index in [1.807, 2.05) is 24.3 Å². The molecule has 0 fully saturated rings. The summed E-state index contributed by atoms with van der Waals surface area (Å²) in [5.74, 6) is 1.37. The van der Waals surface area contributed by atoms with Gasteiger partial charge in [-0.05, 0) is 42.5 Å². The third-order valence-electron chi connectivity index (χ3n) is 3.62. The van der Waals surface area contributed by atoms with Crippen LogP contribution >= 0.6 is 23.2 Å². The molecule has 0 saturated carbocycles. The van der Waals surface area contributed by atoms with Gasteiger partial charge in [-0.1, -0.05) is 28.4 Å². The normalized spacial score (nSPS) is 10.6. The van der Waals surface area contributed by atoms with Crippen molar-refractivity contribution >= 4 is 29.1 Å². The molecule has 1 N–H and O–H groups in total. The number of nitrogens with zero attached hydrogens (tertiary/aromatic N) is 2. The molecule has 2 aromatic carbocycles. The van der Waals surface area contributed by atoms with Crippen LogP contribution in [0.2, 0.25) is 10.0 Å². The van der Waals surface area contributed by atoms with E-state index in [2.05, 4.69) is 15.5 Å². The number of carbonyl (C=O) groups is 1. The van der Waals surface area contributed by atoms with E-state index in [0.29, 0.717) is 40.3 Å². The molecular weight excluding hydrogens is 377 g/mol. The van der Waals surface area contributed by atoms with Crippen LogP contribution in [0.15, 0.2) is 47.0 Å². The summed E-state index contributed by atoms with van der Waals surface area (Å²) in [4.78, 5) is 16.5. The Kier molecular flexibility index (Phi) is 5.75. The second-order valence-corrected chi connectivity index (χ2v) is 6.21. The van der Waals surface area contributed by atoms with E-state index >= 15 is 0 Å². The summed E-state index contributed by atoms with van der Waals surface area (Å²) in [5.41, 5.74) is 1.18. The van der Waals surface area contributed by atoms with Crippen molar-refractivity contribution < 1.29 is 14.1 Å². The Hall–Kier alpha value is -2.57. The van der Waals surface area contributed by atoms with Gasteiger partial charge in [-0.25, -0.2) is 0 Å². The highest BCUT2D eigenvalue weighted by Gasteiger charge is 2.12. The van der Waals surface area contributed by atoms with Gasteiger partial charge in [0.25, 0.3) is 5.91 Å². The van der Waals surface area contributed by atoms with Gasteiger partial charge in [0.2, 0.25) is 11.7 Å². The maximum atomic E-state index is 12.1. The molecule has 0 bridgehead atoms. The summed E-state index contributed by atoms with van der Waals surface area (Å²) in [5, 5.41) is 7.48. The Balaban J connectivity index is 1.57. The first-order valence-corrected chi connectivity index (χ1v) is 8.52. The number of hydrogen-bond donors (Lipinski definition) is 1. The molecule has 8 heteroatoms. The molecule has 0 aliphatic rings. The number of carbonyl (C=O) groups excluding carboxylic acids is 1. The largest absolute Gasteiger partial charge is 0.497 e. The van der Waals surface area contributed by atoms with Gasteiger partial charge in [-0.15, -0.1) is 0 Å².